The minimum Gasteiger partial charge on any atom is -0.377 e. The van der Waals surface area contributed by atoms with Gasteiger partial charge in [-0.25, -0.2) is 4.68 Å². The molecule has 4 nitrogen and oxygen atoms in total. The van der Waals surface area contributed by atoms with Crippen LogP contribution in [0.2, 0.25) is 0 Å². The Hall–Kier alpha value is -2.36. The molecule has 0 N–H and O–H groups in total. The maximum absolute atomic E-state index is 4.09. The third-order valence-electron chi connectivity index (χ3n) is 3.01. The van der Waals surface area contributed by atoms with Gasteiger partial charge in [-0.15, -0.1) is 5.10 Å². The summed E-state index contributed by atoms with van der Waals surface area (Å²) < 4.78 is 1.80. The predicted octanol–water partition coefficient (Wildman–Crippen LogP) is 2.49. The summed E-state index contributed by atoms with van der Waals surface area (Å²) in [7, 11) is 4.10. The lowest BCUT2D eigenvalue weighted by Crippen LogP contribution is -2.10. The van der Waals surface area contributed by atoms with Gasteiger partial charge in [0.15, 0.2) is 0 Å². The molecule has 0 aliphatic carbocycles. The largest absolute Gasteiger partial charge is 0.377 e. The van der Waals surface area contributed by atoms with Crippen LogP contribution in [0.25, 0.3) is 16.5 Å². The third-order valence-corrected chi connectivity index (χ3v) is 3.01. The lowest BCUT2D eigenvalue weighted by atomic mass is 10.1. The smallest absolute Gasteiger partial charge is 0.0762 e. The van der Waals surface area contributed by atoms with Crippen molar-refractivity contribution < 1.29 is 0 Å². The SMILES string of the molecule is CN(C)c1cccc2cccc(-n3ccnn3)c12. The summed E-state index contributed by atoms with van der Waals surface area (Å²) in [5.74, 6) is 0. The molecular formula is C14H14N4. The summed E-state index contributed by atoms with van der Waals surface area (Å²) in [6.45, 7) is 0. The fourth-order valence-corrected chi connectivity index (χ4v) is 2.20. The second-order valence-corrected chi connectivity index (χ2v) is 4.39. The van der Waals surface area contributed by atoms with E-state index < -0.39 is 0 Å². The first-order valence-corrected chi connectivity index (χ1v) is 5.83. The number of hydrogen-bond donors (Lipinski definition) is 0. The zero-order valence-corrected chi connectivity index (χ0v) is 10.4. The molecule has 0 unspecified atom stereocenters. The van der Waals surface area contributed by atoms with Gasteiger partial charge < -0.3 is 4.90 Å². The number of rotatable bonds is 2. The van der Waals surface area contributed by atoms with E-state index in [1.54, 1.807) is 10.9 Å². The van der Waals surface area contributed by atoms with E-state index in [4.69, 9.17) is 0 Å². The van der Waals surface area contributed by atoms with Crippen LogP contribution < -0.4 is 4.90 Å². The molecule has 0 saturated carbocycles. The highest BCUT2D eigenvalue weighted by atomic mass is 15.4. The number of hydrogen-bond acceptors (Lipinski definition) is 3. The molecule has 0 spiro atoms. The van der Waals surface area contributed by atoms with Gasteiger partial charge in [0.25, 0.3) is 0 Å². The van der Waals surface area contributed by atoms with Gasteiger partial charge in [-0.2, -0.15) is 0 Å². The molecule has 18 heavy (non-hydrogen) atoms. The molecule has 0 radical (unpaired) electrons. The summed E-state index contributed by atoms with van der Waals surface area (Å²) in [5.41, 5.74) is 2.23. The lowest BCUT2D eigenvalue weighted by Gasteiger charge is -2.17. The highest BCUT2D eigenvalue weighted by molar-refractivity contribution is 6.00. The van der Waals surface area contributed by atoms with Gasteiger partial charge in [-0.3, -0.25) is 0 Å². The Morgan fingerprint density at radius 2 is 1.83 bits per heavy atom. The predicted molar refractivity (Wildman–Crippen MR) is 73.2 cm³/mol. The van der Waals surface area contributed by atoms with E-state index in [2.05, 4.69) is 45.5 Å². The van der Waals surface area contributed by atoms with E-state index in [0.29, 0.717) is 0 Å². The molecule has 1 aromatic heterocycles. The van der Waals surface area contributed by atoms with Gasteiger partial charge in [0.2, 0.25) is 0 Å². The van der Waals surface area contributed by atoms with Crippen molar-refractivity contribution in [3.8, 4) is 5.69 Å². The molecule has 3 aromatic rings. The van der Waals surface area contributed by atoms with Crippen LogP contribution in [-0.2, 0) is 0 Å². The highest BCUT2D eigenvalue weighted by Crippen LogP contribution is 2.30. The second kappa shape index (κ2) is 4.14. The Morgan fingerprint density at radius 1 is 1.06 bits per heavy atom. The molecule has 0 fully saturated rings. The van der Waals surface area contributed by atoms with Crippen LogP contribution in [-0.4, -0.2) is 29.1 Å². The Balaban J connectivity index is 2.39. The molecule has 4 heteroatoms. The van der Waals surface area contributed by atoms with E-state index in [-0.39, 0.29) is 0 Å². The normalized spacial score (nSPS) is 10.8. The maximum atomic E-state index is 4.09. The summed E-state index contributed by atoms with van der Waals surface area (Å²) in [5, 5.41) is 10.4. The second-order valence-electron chi connectivity index (χ2n) is 4.39. The first-order chi connectivity index (χ1) is 8.77. The van der Waals surface area contributed by atoms with Crippen LogP contribution in [0.5, 0.6) is 0 Å². The van der Waals surface area contributed by atoms with Crippen LogP contribution >= 0.6 is 0 Å². The zero-order valence-electron chi connectivity index (χ0n) is 10.4. The van der Waals surface area contributed by atoms with Crippen LogP contribution in [0.3, 0.4) is 0 Å². The molecule has 1 heterocycles. The fraction of sp³-hybridized carbons (Fsp3) is 0.143. The van der Waals surface area contributed by atoms with Gasteiger partial charge in [0, 0.05) is 25.2 Å². The molecule has 0 bridgehead atoms. The van der Waals surface area contributed by atoms with E-state index >= 15 is 0 Å². The molecule has 0 aliphatic rings. The number of fused-ring (bicyclic) bond motifs is 1. The summed E-state index contributed by atoms with van der Waals surface area (Å²) in [4.78, 5) is 2.11. The van der Waals surface area contributed by atoms with Crippen molar-refractivity contribution >= 4 is 16.5 Å². The lowest BCUT2D eigenvalue weighted by molar-refractivity contribution is 0.808. The zero-order chi connectivity index (χ0) is 12.5. The molecule has 3 rings (SSSR count). The quantitative estimate of drug-likeness (QED) is 0.688. The standard InChI is InChI=1S/C14H14N4/c1-17(2)12-7-3-5-11-6-4-8-13(14(11)12)18-10-9-15-16-18/h3-10H,1-2H3. The van der Waals surface area contributed by atoms with Gasteiger partial charge in [-0.05, 0) is 17.5 Å². The van der Waals surface area contributed by atoms with E-state index in [0.717, 1.165) is 5.69 Å². The molecule has 0 saturated heterocycles. The molecule has 2 aromatic carbocycles. The van der Waals surface area contributed by atoms with Crippen molar-refractivity contribution in [3.63, 3.8) is 0 Å². The number of nitrogens with zero attached hydrogens (tertiary/aromatic N) is 4. The first-order valence-electron chi connectivity index (χ1n) is 5.83. The van der Waals surface area contributed by atoms with Crippen LogP contribution in [0.4, 0.5) is 5.69 Å². The van der Waals surface area contributed by atoms with Crippen molar-refractivity contribution in [3.05, 3.63) is 48.8 Å². The van der Waals surface area contributed by atoms with E-state index in [9.17, 15) is 0 Å². The Bertz CT molecular complexity index is 666. The average Bonchev–Trinajstić information content (AvgIpc) is 2.91. The summed E-state index contributed by atoms with van der Waals surface area (Å²) >= 11 is 0. The highest BCUT2D eigenvalue weighted by Gasteiger charge is 2.09. The number of aromatic nitrogens is 3. The average molecular weight is 238 g/mol. The first kappa shape index (κ1) is 10.8. The molecule has 0 atom stereocenters. The van der Waals surface area contributed by atoms with Crippen molar-refractivity contribution in [2.75, 3.05) is 19.0 Å². The topological polar surface area (TPSA) is 34.0 Å². The monoisotopic (exact) mass is 238 g/mol. The molecule has 0 aliphatic heterocycles. The van der Waals surface area contributed by atoms with Crippen molar-refractivity contribution in [2.24, 2.45) is 0 Å². The number of benzene rings is 2. The molecule has 0 amide bonds. The van der Waals surface area contributed by atoms with Crippen LogP contribution in [0, 0.1) is 0 Å². The van der Waals surface area contributed by atoms with Crippen LogP contribution in [0.15, 0.2) is 48.8 Å². The van der Waals surface area contributed by atoms with E-state index in [1.807, 2.05) is 26.4 Å². The van der Waals surface area contributed by atoms with Crippen molar-refractivity contribution in [1.82, 2.24) is 15.0 Å². The maximum Gasteiger partial charge on any atom is 0.0762 e. The fourth-order valence-electron chi connectivity index (χ4n) is 2.20. The van der Waals surface area contributed by atoms with Crippen LogP contribution in [0.1, 0.15) is 0 Å². The van der Waals surface area contributed by atoms with Crippen molar-refractivity contribution in [2.45, 2.75) is 0 Å². The Labute approximate surface area is 105 Å². The Kier molecular flexibility index (Phi) is 2.48. The summed E-state index contributed by atoms with van der Waals surface area (Å²) in [6.07, 6.45) is 3.55. The molecular weight excluding hydrogens is 224 g/mol. The third kappa shape index (κ3) is 1.62. The minimum atomic E-state index is 1.05. The van der Waals surface area contributed by atoms with Gasteiger partial charge >= 0.3 is 0 Å². The van der Waals surface area contributed by atoms with Crippen molar-refractivity contribution in [1.29, 1.82) is 0 Å². The molecule has 90 valence electrons. The Morgan fingerprint density at radius 3 is 2.50 bits per heavy atom. The number of anilines is 1. The van der Waals surface area contributed by atoms with Gasteiger partial charge in [0.05, 0.1) is 18.1 Å². The van der Waals surface area contributed by atoms with Gasteiger partial charge in [0.1, 0.15) is 0 Å². The summed E-state index contributed by atoms with van der Waals surface area (Å²) in [6, 6.07) is 12.5. The van der Waals surface area contributed by atoms with Gasteiger partial charge in [-0.1, -0.05) is 29.5 Å². The minimum absolute atomic E-state index is 1.05. The van der Waals surface area contributed by atoms with E-state index in [1.165, 1.54) is 16.5 Å².